The van der Waals surface area contributed by atoms with Crippen molar-refractivity contribution in [3.63, 3.8) is 0 Å². The van der Waals surface area contributed by atoms with Crippen molar-refractivity contribution < 1.29 is 14.6 Å². The van der Waals surface area contributed by atoms with Crippen molar-refractivity contribution >= 4 is 12.0 Å². The molecule has 224 valence electrons. The Bertz CT molecular complexity index is 1490. The molecule has 4 aromatic rings. The molecule has 4 heteroatoms. The second-order valence-corrected chi connectivity index (χ2v) is 11.8. The Balaban J connectivity index is 1.64. The molecule has 4 aromatic carbocycles. The lowest BCUT2D eigenvalue weighted by Gasteiger charge is -2.36. The normalized spacial score (nSPS) is 14.4. The smallest absolute Gasteiger partial charge is 0.312 e. The van der Waals surface area contributed by atoms with Crippen molar-refractivity contribution in [1.82, 2.24) is 4.90 Å². The van der Waals surface area contributed by atoms with Crippen LogP contribution < -0.4 is 0 Å². The van der Waals surface area contributed by atoms with E-state index < -0.39 is 24.1 Å². The first-order valence-electron chi connectivity index (χ1n) is 15.2. The molecule has 4 nitrogen and oxygen atoms in total. The molecule has 0 unspecified atom stereocenters. The zero-order valence-electron chi connectivity index (χ0n) is 26.3. The summed E-state index contributed by atoms with van der Waals surface area (Å²) in [6.07, 6.45) is 1.99. The number of aryl methyl sites for hydroxylation is 4. The first-order chi connectivity index (χ1) is 20.6. The maximum atomic E-state index is 13.6. The lowest BCUT2D eigenvalue weighted by atomic mass is 9.96. The van der Waals surface area contributed by atoms with Crippen LogP contribution in [0.1, 0.15) is 64.5 Å². The minimum Gasteiger partial charge on any atom is -0.456 e. The van der Waals surface area contributed by atoms with Crippen LogP contribution in [0, 0.1) is 33.6 Å². The molecule has 0 aliphatic carbocycles. The largest absolute Gasteiger partial charge is 0.456 e. The van der Waals surface area contributed by atoms with Crippen molar-refractivity contribution in [3.05, 3.63) is 148 Å². The molecule has 0 aliphatic heterocycles. The average molecular weight is 576 g/mol. The van der Waals surface area contributed by atoms with E-state index in [1.54, 1.807) is 13.0 Å². The van der Waals surface area contributed by atoms with Crippen LogP contribution in [-0.4, -0.2) is 28.1 Å². The van der Waals surface area contributed by atoms with Gasteiger partial charge in [0.15, 0.2) is 0 Å². The number of carbonyl (C=O) groups is 1. The third-order valence-corrected chi connectivity index (χ3v) is 8.39. The van der Waals surface area contributed by atoms with Gasteiger partial charge in [0, 0.05) is 19.1 Å². The fourth-order valence-electron chi connectivity index (χ4n) is 5.60. The van der Waals surface area contributed by atoms with Gasteiger partial charge < -0.3 is 9.84 Å². The third kappa shape index (κ3) is 8.53. The maximum Gasteiger partial charge on any atom is 0.312 e. The Morgan fingerprint density at radius 2 is 1.37 bits per heavy atom. The third-order valence-electron chi connectivity index (χ3n) is 8.39. The van der Waals surface area contributed by atoms with Crippen molar-refractivity contribution in [3.8, 4) is 0 Å². The molecule has 0 radical (unpaired) electrons. The number of rotatable bonds is 12. The summed E-state index contributed by atoms with van der Waals surface area (Å²) < 4.78 is 6.33. The van der Waals surface area contributed by atoms with E-state index in [4.69, 9.17) is 4.74 Å². The number of nitrogens with zero attached hydrogens (tertiary/aromatic N) is 1. The molecule has 0 saturated carbocycles. The number of carbonyl (C=O) groups excluding carboxylic acids is 1. The van der Waals surface area contributed by atoms with Crippen molar-refractivity contribution in [1.29, 1.82) is 0 Å². The highest BCUT2D eigenvalue weighted by Gasteiger charge is 2.32. The Morgan fingerprint density at radius 3 is 2.00 bits per heavy atom. The number of benzene rings is 4. The molecule has 0 fully saturated rings. The van der Waals surface area contributed by atoms with Crippen LogP contribution >= 0.6 is 0 Å². The van der Waals surface area contributed by atoms with E-state index >= 15 is 0 Å². The Hall–Kier alpha value is -3.99. The number of aliphatic hydroxyl groups excluding tert-OH is 1. The topological polar surface area (TPSA) is 49.8 Å². The highest BCUT2D eigenvalue weighted by atomic mass is 16.5. The zero-order valence-corrected chi connectivity index (χ0v) is 26.3. The second-order valence-electron chi connectivity index (χ2n) is 11.8. The lowest BCUT2D eigenvalue weighted by Crippen LogP contribution is -2.40. The van der Waals surface area contributed by atoms with Crippen LogP contribution in [0.15, 0.2) is 103 Å². The van der Waals surface area contributed by atoms with Gasteiger partial charge in [0.05, 0.1) is 12.0 Å². The SMILES string of the molecule is Cc1cc(C)c(CN(Cc2ccccc2C)[C@@H](C)[C@H](OC(=O)[C@@H](C)[C@@H](O)/C=C/c2ccccc2)c2ccccc2)c(C)c1. The Morgan fingerprint density at radius 1 is 0.791 bits per heavy atom. The molecule has 0 amide bonds. The molecule has 0 heterocycles. The van der Waals surface area contributed by atoms with Gasteiger partial charge in [-0.1, -0.05) is 115 Å². The molecular weight excluding hydrogens is 530 g/mol. The molecule has 0 bridgehead atoms. The van der Waals surface area contributed by atoms with Gasteiger partial charge in [0.1, 0.15) is 6.10 Å². The van der Waals surface area contributed by atoms with Gasteiger partial charge in [-0.3, -0.25) is 9.69 Å². The minimum atomic E-state index is -0.972. The van der Waals surface area contributed by atoms with Crippen molar-refractivity contribution in [2.45, 2.75) is 72.9 Å². The van der Waals surface area contributed by atoms with Crippen LogP contribution in [0.25, 0.3) is 6.08 Å². The summed E-state index contributed by atoms with van der Waals surface area (Å²) in [4.78, 5) is 16.0. The first-order valence-corrected chi connectivity index (χ1v) is 15.2. The van der Waals surface area contributed by atoms with E-state index in [1.807, 2.05) is 66.7 Å². The van der Waals surface area contributed by atoms with Crippen molar-refractivity contribution in [2.75, 3.05) is 0 Å². The van der Waals surface area contributed by atoms with E-state index in [9.17, 15) is 9.90 Å². The standard InChI is InChI=1S/C39H45NO3/c1-27-23-29(3)36(30(4)24-27)26-40(25-35-20-14-13-15-28(35)2)32(6)38(34-18-11-8-12-19-34)43-39(42)31(5)37(41)22-21-33-16-9-7-10-17-33/h7-24,31-32,37-38,41H,25-26H2,1-6H3/b22-21+/t31-,32-,37-,38-/m0/s1. The van der Waals surface area contributed by atoms with Crippen LogP contribution in [0.2, 0.25) is 0 Å². The van der Waals surface area contributed by atoms with Crippen LogP contribution in [0.3, 0.4) is 0 Å². The van der Waals surface area contributed by atoms with Gasteiger partial charge >= 0.3 is 5.97 Å². The highest BCUT2D eigenvalue weighted by Crippen LogP contribution is 2.31. The summed E-state index contributed by atoms with van der Waals surface area (Å²) in [7, 11) is 0. The molecule has 1 N–H and O–H groups in total. The van der Waals surface area contributed by atoms with E-state index in [0.29, 0.717) is 13.1 Å². The van der Waals surface area contributed by atoms with E-state index in [0.717, 1.165) is 11.1 Å². The van der Waals surface area contributed by atoms with E-state index in [-0.39, 0.29) is 6.04 Å². The van der Waals surface area contributed by atoms with Crippen LogP contribution in [0.5, 0.6) is 0 Å². The predicted octanol–water partition coefficient (Wildman–Crippen LogP) is 8.31. The molecule has 0 saturated heterocycles. The summed E-state index contributed by atoms with van der Waals surface area (Å²) >= 11 is 0. The summed E-state index contributed by atoms with van der Waals surface area (Å²) in [6, 6.07) is 32.5. The number of esters is 1. The fraction of sp³-hybridized carbons (Fsp3) is 0.308. The number of ether oxygens (including phenoxy) is 1. The van der Waals surface area contributed by atoms with E-state index in [1.165, 1.54) is 33.4 Å². The van der Waals surface area contributed by atoms with Gasteiger partial charge in [0.2, 0.25) is 0 Å². The van der Waals surface area contributed by atoms with Gasteiger partial charge in [0.25, 0.3) is 0 Å². The van der Waals surface area contributed by atoms with Gasteiger partial charge in [-0.05, 0) is 80.5 Å². The summed E-state index contributed by atoms with van der Waals surface area (Å²) in [5.74, 6) is -1.16. The maximum absolute atomic E-state index is 13.6. The predicted molar refractivity (Wildman–Crippen MR) is 176 cm³/mol. The molecule has 4 rings (SSSR count). The molecule has 0 aliphatic rings. The zero-order chi connectivity index (χ0) is 30.9. The van der Waals surface area contributed by atoms with Crippen LogP contribution in [-0.2, 0) is 22.6 Å². The Labute approximate surface area is 257 Å². The number of aliphatic hydroxyl groups is 1. The fourth-order valence-corrected chi connectivity index (χ4v) is 5.60. The molecular formula is C39H45NO3. The number of hydrogen-bond donors (Lipinski definition) is 1. The Kier molecular flexibility index (Phi) is 11.1. The molecule has 43 heavy (non-hydrogen) atoms. The summed E-state index contributed by atoms with van der Waals surface area (Å²) in [6.45, 7) is 13.9. The average Bonchev–Trinajstić information content (AvgIpc) is 3.00. The number of hydrogen-bond acceptors (Lipinski definition) is 4. The van der Waals surface area contributed by atoms with Gasteiger partial charge in [-0.2, -0.15) is 0 Å². The van der Waals surface area contributed by atoms with E-state index in [2.05, 4.69) is 75.9 Å². The molecule has 0 spiro atoms. The highest BCUT2D eigenvalue weighted by molar-refractivity contribution is 5.73. The van der Waals surface area contributed by atoms with Crippen molar-refractivity contribution in [2.24, 2.45) is 5.92 Å². The van der Waals surface area contributed by atoms with Gasteiger partial charge in [-0.25, -0.2) is 0 Å². The minimum absolute atomic E-state index is 0.157. The quantitative estimate of drug-likeness (QED) is 0.173. The summed E-state index contributed by atoms with van der Waals surface area (Å²) in [5, 5.41) is 10.9. The second kappa shape index (κ2) is 15.0. The first kappa shape index (κ1) is 31.9. The monoisotopic (exact) mass is 575 g/mol. The lowest BCUT2D eigenvalue weighted by molar-refractivity contribution is -0.160. The van der Waals surface area contributed by atoms with Gasteiger partial charge in [-0.15, -0.1) is 0 Å². The van der Waals surface area contributed by atoms with Crippen LogP contribution in [0.4, 0.5) is 0 Å². The summed E-state index contributed by atoms with van der Waals surface area (Å²) in [5.41, 5.74) is 9.42. The molecule has 4 atom stereocenters. The molecule has 0 aromatic heterocycles.